The number of nitrogens with one attached hydrogen (secondary N) is 2. The number of nitrogens with two attached hydrogens (primary N) is 1. The molecule has 2 heterocycles. The standard InChI is InChI=1S/C16H14FN5O2/c17-12-3-1-11(2-4-12)15-13(9-21-22-15)24-14-7-10(5-6-19-14)8-20-16(18)23/h1-7,9H,8H2,(H,21,22)(H3,18,20,23). The first-order valence-electron chi connectivity index (χ1n) is 7.07. The summed E-state index contributed by atoms with van der Waals surface area (Å²) in [5.41, 5.74) is 7.17. The summed E-state index contributed by atoms with van der Waals surface area (Å²) in [5.74, 6) is 0.467. The third-order valence-corrected chi connectivity index (χ3v) is 3.22. The number of H-pyrrole nitrogens is 1. The van der Waals surface area contributed by atoms with Gasteiger partial charge in [-0.1, -0.05) is 0 Å². The number of benzene rings is 1. The molecule has 7 nitrogen and oxygen atoms in total. The second-order valence-electron chi connectivity index (χ2n) is 4.94. The number of halogens is 1. The van der Waals surface area contributed by atoms with Gasteiger partial charge in [0.15, 0.2) is 5.75 Å². The van der Waals surface area contributed by atoms with Gasteiger partial charge < -0.3 is 15.8 Å². The van der Waals surface area contributed by atoms with Gasteiger partial charge in [-0.25, -0.2) is 14.2 Å². The number of urea groups is 1. The van der Waals surface area contributed by atoms with Crippen LogP contribution in [0.4, 0.5) is 9.18 Å². The van der Waals surface area contributed by atoms with Gasteiger partial charge in [-0.15, -0.1) is 0 Å². The third-order valence-electron chi connectivity index (χ3n) is 3.22. The fourth-order valence-electron chi connectivity index (χ4n) is 2.09. The molecule has 8 heteroatoms. The van der Waals surface area contributed by atoms with Crippen LogP contribution < -0.4 is 15.8 Å². The molecule has 2 amide bonds. The number of hydrogen-bond donors (Lipinski definition) is 3. The van der Waals surface area contributed by atoms with Crippen LogP contribution in [0.3, 0.4) is 0 Å². The second-order valence-corrected chi connectivity index (χ2v) is 4.94. The summed E-state index contributed by atoms with van der Waals surface area (Å²) in [6.07, 6.45) is 3.07. The molecule has 4 N–H and O–H groups in total. The van der Waals surface area contributed by atoms with Crippen LogP contribution >= 0.6 is 0 Å². The minimum Gasteiger partial charge on any atom is -0.435 e. The Hall–Kier alpha value is -3.42. The third kappa shape index (κ3) is 3.67. The van der Waals surface area contributed by atoms with Crippen molar-refractivity contribution < 1.29 is 13.9 Å². The Bertz CT molecular complexity index is 848. The van der Waals surface area contributed by atoms with Crippen LogP contribution in [0, 0.1) is 5.82 Å². The van der Waals surface area contributed by atoms with E-state index in [1.807, 2.05) is 0 Å². The molecular weight excluding hydrogens is 313 g/mol. The molecule has 0 radical (unpaired) electrons. The van der Waals surface area contributed by atoms with Crippen molar-refractivity contribution in [3.63, 3.8) is 0 Å². The number of amides is 2. The maximum atomic E-state index is 13.0. The monoisotopic (exact) mass is 327 g/mol. The van der Waals surface area contributed by atoms with Crippen LogP contribution in [-0.2, 0) is 6.54 Å². The predicted octanol–water partition coefficient (Wildman–Crippen LogP) is 2.57. The van der Waals surface area contributed by atoms with E-state index in [1.165, 1.54) is 18.3 Å². The summed E-state index contributed by atoms with van der Waals surface area (Å²) in [5, 5.41) is 9.26. The lowest BCUT2D eigenvalue weighted by molar-refractivity contribution is 0.248. The van der Waals surface area contributed by atoms with E-state index in [1.54, 1.807) is 30.5 Å². The highest BCUT2D eigenvalue weighted by Crippen LogP contribution is 2.30. The Morgan fingerprint density at radius 2 is 2.08 bits per heavy atom. The molecule has 0 saturated heterocycles. The van der Waals surface area contributed by atoms with Crippen molar-refractivity contribution in [2.45, 2.75) is 6.54 Å². The van der Waals surface area contributed by atoms with E-state index < -0.39 is 6.03 Å². The molecule has 0 fully saturated rings. The summed E-state index contributed by atoms with van der Waals surface area (Å²) in [6, 6.07) is 8.76. The number of rotatable bonds is 5. The normalized spacial score (nSPS) is 10.4. The molecule has 0 unspecified atom stereocenters. The minimum atomic E-state index is -0.609. The van der Waals surface area contributed by atoms with Crippen LogP contribution in [0.1, 0.15) is 5.56 Å². The van der Waals surface area contributed by atoms with Crippen molar-refractivity contribution in [2.75, 3.05) is 0 Å². The average Bonchev–Trinajstić information content (AvgIpc) is 3.02. The van der Waals surface area contributed by atoms with Crippen molar-refractivity contribution in [3.8, 4) is 22.9 Å². The summed E-state index contributed by atoms with van der Waals surface area (Å²) in [7, 11) is 0. The van der Waals surface area contributed by atoms with Gasteiger partial charge in [0.2, 0.25) is 5.88 Å². The lowest BCUT2D eigenvalue weighted by Crippen LogP contribution is -2.28. The smallest absolute Gasteiger partial charge is 0.312 e. The van der Waals surface area contributed by atoms with E-state index in [9.17, 15) is 9.18 Å². The zero-order chi connectivity index (χ0) is 16.9. The van der Waals surface area contributed by atoms with Crippen LogP contribution in [-0.4, -0.2) is 21.2 Å². The summed E-state index contributed by atoms with van der Waals surface area (Å²) < 4.78 is 18.8. The lowest BCUT2D eigenvalue weighted by Gasteiger charge is -2.07. The molecule has 0 atom stereocenters. The number of aromatic amines is 1. The van der Waals surface area contributed by atoms with Gasteiger partial charge in [0.1, 0.15) is 11.5 Å². The number of hydrogen-bond acceptors (Lipinski definition) is 4. The van der Waals surface area contributed by atoms with Crippen molar-refractivity contribution in [3.05, 3.63) is 60.2 Å². The molecular formula is C16H14FN5O2. The maximum Gasteiger partial charge on any atom is 0.312 e. The highest BCUT2D eigenvalue weighted by molar-refractivity contribution is 5.71. The van der Waals surface area contributed by atoms with Crippen molar-refractivity contribution in [2.24, 2.45) is 5.73 Å². The SMILES string of the molecule is NC(=O)NCc1ccnc(Oc2cn[nH]c2-c2ccc(F)cc2)c1. The molecule has 24 heavy (non-hydrogen) atoms. The zero-order valence-electron chi connectivity index (χ0n) is 12.5. The van der Waals surface area contributed by atoms with E-state index in [0.717, 1.165) is 11.1 Å². The Balaban J connectivity index is 1.80. The van der Waals surface area contributed by atoms with Crippen LogP contribution in [0.2, 0.25) is 0 Å². The Morgan fingerprint density at radius 3 is 2.83 bits per heavy atom. The maximum absolute atomic E-state index is 13.0. The number of primary amides is 1. The van der Waals surface area contributed by atoms with E-state index in [2.05, 4.69) is 20.5 Å². The van der Waals surface area contributed by atoms with Gasteiger partial charge in [0, 0.05) is 24.4 Å². The van der Waals surface area contributed by atoms with Crippen LogP contribution in [0.15, 0.2) is 48.8 Å². The van der Waals surface area contributed by atoms with Gasteiger partial charge in [0.25, 0.3) is 0 Å². The van der Waals surface area contributed by atoms with Gasteiger partial charge in [-0.3, -0.25) is 5.10 Å². The predicted molar refractivity (Wildman–Crippen MR) is 84.7 cm³/mol. The first kappa shape index (κ1) is 15.5. The van der Waals surface area contributed by atoms with Gasteiger partial charge in [0.05, 0.1) is 6.20 Å². The topological polar surface area (TPSA) is 106 Å². The minimum absolute atomic E-state index is 0.268. The number of ether oxygens (including phenoxy) is 1. The molecule has 0 spiro atoms. The van der Waals surface area contributed by atoms with Gasteiger partial charge >= 0.3 is 6.03 Å². The first-order chi connectivity index (χ1) is 11.6. The quantitative estimate of drug-likeness (QED) is 0.669. The molecule has 2 aromatic heterocycles. The number of nitrogens with zero attached hydrogens (tertiary/aromatic N) is 2. The highest BCUT2D eigenvalue weighted by atomic mass is 19.1. The fraction of sp³-hybridized carbons (Fsp3) is 0.0625. The summed E-state index contributed by atoms with van der Waals surface area (Å²) >= 11 is 0. The van der Waals surface area contributed by atoms with E-state index in [4.69, 9.17) is 10.5 Å². The molecule has 0 bridgehead atoms. The zero-order valence-corrected chi connectivity index (χ0v) is 12.5. The fourth-order valence-corrected chi connectivity index (χ4v) is 2.09. The first-order valence-corrected chi connectivity index (χ1v) is 7.07. The molecule has 122 valence electrons. The number of pyridine rings is 1. The molecule has 3 rings (SSSR count). The van der Waals surface area contributed by atoms with Gasteiger partial charge in [-0.2, -0.15) is 5.10 Å². The molecule has 0 saturated carbocycles. The van der Waals surface area contributed by atoms with Crippen LogP contribution in [0.25, 0.3) is 11.3 Å². The highest BCUT2D eigenvalue weighted by Gasteiger charge is 2.11. The van der Waals surface area contributed by atoms with Crippen molar-refractivity contribution in [1.82, 2.24) is 20.5 Å². The molecule has 0 aliphatic carbocycles. The molecule has 0 aliphatic heterocycles. The average molecular weight is 327 g/mol. The molecule has 0 aliphatic rings. The lowest BCUT2D eigenvalue weighted by atomic mass is 10.1. The summed E-state index contributed by atoms with van der Waals surface area (Å²) in [6.45, 7) is 0.268. The Labute approximate surface area is 136 Å². The van der Waals surface area contributed by atoms with E-state index in [0.29, 0.717) is 17.3 Å². The van der Waals surface area contributed by atoms with E-state index in [-0.39, 0.29) is 12.4 Å². The Morgan fingerprint density at radius 1 is 1.29 bits per heavy atom. The largest absolute Gasteiger partial charge is 0.435 e. The van der Waals surface area contributed by atoms with Gasteiger partial charge in [-0.05, 0) is 35.9 Å². The van der Waals surface area contributed by atoms with Crippen molar-refractivity contribution >= 4 is 6.03 Å². The van der Waals surface area contributed by atoms with Crippen molar-refractivity contribution in [1.29, 1.82) is 0 Å². The number of aromatic nitrogens is 3. The second kappa shape index (κ2) is 6.78. The summed E-state index contributed by atoms with van der Waals surface area (Å²) in [4.78, 5) is 14.9. The Kier molecular flexibility index (Phi) is 4.37. The van der Waals surface area contributed by atoms with Crippen LogP contribution in [0.5, 0.6) is 11.6 Å². The number of carbonyl (C=O) groups excluding carboxylic acids is 1. The molecule has 3 aromatic rings. The van der Waals surface area contributed by atoms with E-state index >= 15 is 0 Å². The number of carbonyl (C=O) groups is 1. The molecule has 1 aromatic carbocycles.